The highest BCUT2D eigenvalue weighted by Crippen LogP contribution is 2.26. The Morgan fingerprint density at radius 3 is 2.50 bits per heavy atom. The summed E-state index contributed by atoms with van der Waals surface area (Å²) in [5, 5.41) is 3.64. The zero-order valence-electron chi connectivity index (χ0n) is 23.3. The van der Waals surface area contributed by atoms with Gasteiger partial charge in [0, 0.05) is 43.3 Å². The van der Waals surface area contributed by atoms with Crippen LogP contribution in [0.4, 0.5) is 11.5 Å². The van der Waals surface area contributed by atoms with Gasteiger partial charge in [0.1, 0.15) is 16.6 Å². The summed E-state index contributed by atoms with van der Waals surface area (Å²) in [6, 6.07) is 7.55. The number of rotatable bonds is 9. The molecule has 12 heteroatoms. The first-order chi connectivity index (χ1) is 19.3. The molecule has 0 atom stereocenters. The van der Waals surface area contributed by atoms with Crippen LogP contribution in [0.15, 0.2) is 67.1 Å². The molecule has 3 N–H and O–H groups in total. The molecule has 2 aromatic rings. The van der Waals surface area contributed by atoms with Crippen molar-refractivity contribution in [2.75, 3.05) is 24.7 Å². The Morgan fingerprint density at radius 2 is 1.85 bits per heavy atom. The predicted molar refractivity (Wildman–Crippen MR) is 166 cm³/mol. The first-order valence-electron chi connectivity index (χ1n) is 13.4. The second-order valence-corrected chi connectivity index (χ2v) is 11.0. The smallest absolute Gasteiger partial charge is 0.329 e. The van der Waals surface area contributed by atoms with E-state index in [1.54, 1.807) is 11.2 Å². The molecule has 1 aromatic carbocycles. The molecule has 10 nitrogen and oxygen atoms in total. The highest BCUT2D eigenvalue weighted by molar-refractivity contribution is 8.17. The summed E-state index contributed by atoms with van der Waals surface area (Å²) in [6.07, 6.45) is 6.40. The van der Waals surface area contributed by atoms with Crippen molar-refractivity contribution < 1.29 is 4.79 Å². The standard InChI is InChI=1S/C26H31N7O3S2.C2H6/c1-16(28-24(37-3)17(2)38-31-27)25(35)32-11-9-18(10-12-32)15-33-23(34)14-22(30-26(33)36)29-21-8-7-19-5-4-6-20(19)13-21;1-2/h7-8,13-14,18,27,29H,1-2,4-6,9-12,15H2,3H3,(H,30,36);1-2H3. The molecule has 1 aliphatic heterocycles. The van der Waals surface area contributed by atoms with E-state index in [1.165, 1.54) is 33.5 Å². The zero-order chi connectivity index (χ0) is 29.2. The minimum absolute atomic E-state index is 0.0849. The minimum atomic E-state index is -0.454. The van der Waals surface area contributed by atoms with Crippen LogP contribution in [-0.2, 0) is 24.2 Å². The van der Waals surface area contributed by atoms with Crippen LogP contribution >= 0.6 is 23.7 Å². The average Bonchev–Trinajstić information content (AvgIpc) is 3.43. The molecule has 214 valence electrons. The number of nitrogens with one attached hydrogen (secondary N) is 3. The number of amides is 1. The Labute approximate surface area is 243 Å². The van der Waals surface area contributed by atoms with Gasteiger partial charge in [0.15, 0.2) is 0 Å². The molecule has 1 saturated heterocycles. The fraction of sp³-hybridized carbons (Fsp3) is 0.429. The average molecular weight is 584 g/mol. The maximum Gasteiger partial charge on any atom is 0.329 e. The van der Waals surface area contributed by atoms with Gasteiger partial charge in [0.2, 0.25) is 0 Å². The van der Waals surface area contributed by atoms with Gasteiger partial charge in [-0.1, -0.05) is 33.1 Å². The van der Waals surface area contributed by atoms with Gasteiger partial charge in [-0.25, -0.2) is 9.79 Å². The van der Waals surface area contributed by atoms with Gasteiger partial charge < -0.3 is 10.2 Å². The van der Waals surface area contributed by atoms with E-state index < -0.39 is 5.69 Å². The number of carbonyl (C=O) groups is 1. The van der Waals surface area contributed by atoms with Crippen molar-refractivity contribution >= 4 is 46.2 Å². The number of fused-ring (bicyclic) bond motifs is 1. The summed E-state index contributed by atoms with van der Waals surface area (Å²) in [6.45, 7) is 12.9. The number of hydrogen-bond donors (Lipinski definition) is 3. The highest BCUT2D eigenvalue weighted by Gasteiger charge is 2.25. The molecule has 1 aromatic heterocycles. The monoisotopic (exact) mass is 583 g/mol. The van der Waals surface area contributed by atoms with Gasteiger partial charge in [-0.15, -0.1) is 16.3 Å². The van der Waals surface area contributed by atoms with Crippen LogP contribution < -0.4 is 16.6 Å². The number of aliphatic imine (C=N–C) groups is 1. The predicted octanol–water partition coefficient (Wildman–Crippen LogP) is 5.50. The summed E-state index contributed by atoms with van der Waals surface area (Å²) in [5.41, 5.74) is 9.74. The maximum atomic E-state index is 12.8. The number of aryl methyl sites for hydroxylation is 2. The number of aromatic amines is 1. The van der Waals surface area contributed by atoms with E-state index in [4.69, 9.17) is 5.53 Å². The Kier molecular flexibility index (Phi) is 11.6. The number of carbonyl (C=O) groups excluding carboxylic acids is 1. The van der Waals surface area contributed by atoms with Crippen molar-refractivity contribution in [3.63, 3.8) is 0 Å². The Morgan fingerprint density at radius 1 is 1.15 bits per heavy atom. The lowest BCUT2D eigenvalue weighted by molar-refractivity contribution is -0.128. The molecule has 1 aliphatic carbocycles. The summed E-state index contributed by atoms with van der Waals surface area (Å²) < 4.78 is 4.46. The number of H-pyrrole nitrogens is 1. The summed E-state index contributed by atoms with van der Waals surface area (Å²) in [5.74, 6) is 0.185. The third-order valence-electron chi connectivity index (χ3n) is 6.81. The van der Waals surface area contributed by atoms with Gasteiger partial charge in [0.05, 0.1) is 4.91 Å². The van der Waals surface area contributed by atoms with E-state index in [-0.39, 0.29) is 23.1 Å². The van der Waals surface area contributed by atoms with Crippen molar-refractivity contribution in [1.82, 2.24) is 14.5 Å². The van der Waals surface area contributed by atoms with Crippen molar-refractivity contribution in [2.45, 2.75) is 52.5 Å². The van der Waals surface area contributed by atoms with Crippen LogP contribution in [0.1, 0.15) is 44.2 Å². The lowest BCUT2D eigenvalue weighted by atomic mass is 9.96. The maximum absolute atomic E-state index is 12.8. The van der Waals surface area contributed by atoms with E-state index in [9.17, 15) is 14.4 Å². The first-order valence-corrected chi connectivity index (χ1v) is 15.4. The van der Waals surface area contributed by atoms with Crippen molar-refractivity contribution in [1.29, 1.82) is 5.53 Å². The van der Waals surface area contributed by atoms with Gasteiger partial charge in [-0.05, 0) is 67.5 Å². The second kappa shape index (κ2) is 14.8. The normalized spacial score (nSPS) is 15.1. The molecule has 2 aliphatic rings. The van der Waals surface area contributed by atoms with Gasteiger partial charge >= 0.3 is 5.69 Å². The lowest BCUT2D eigenvalue weighted by Gasteiger charge is -2.32. The SMILES string of the molecule is C=C(N=C(SC)C(=C)SN=N)C(=O)N1CCC(Cn2c(=O)cc(Nc3ccc4c(c3)CCC4)[nH]c2=O)CC1.CC. The number of anilines is 2. The van der Waals surface area contributed by atoms with E-state index in [0.29, 0.717) is 48.2 Å². The molecule has 0 unspecified atom stereocenters. The van der Waals surface area contributed by atoms with Crippen molar-refractivity contribution in [2.24, 2.45) is 15.4 Å². The molecule has 0 bridgehead atoms. The molecule has 2 heterocycles. The second-order valence-electron chi connectivity index (χ2n) is 9.31. The van der Waals surface area contributed by atoms with Gasteiger partial charge in [0.25, 0.3) is 11.5 Å². The molecule has 1 fully saturated rings. The van der Waals surface area contributed by atoms with Gasteiger partial charge in [-0.3, -0.25) is 19.1 Å². The number of likely N-dealkylation sites (tertiary alicyclic amines) is 1. The third-order valence-corrected chi connectivity index (χ3v) is 8.17. The third kappa shape index (κ3) is 7.85. The fourth-order valence-corrected chi connectivity index (χ4v) is 5.84. The van der Waals surface area contributed by atoms with Crippen LogP contribution in [0, 0.1) is 11.4 Å². The summed E-state index contributed by atoms with van der Waals surface area (Å²) in [4.78, 5) is 47.6. The number of piperidine rings is 1. The number of nitrogens with zero attached hydrogens (tertiary/aromatic N) is 4. The molecule has 4 rings (SSSR count). The Bertz CT molecular complexity index is 1370. The van der Waals surface area contributed by atoms with Crippen LogP contribution in [0.25, 0.3) is 0 Å². The fourth-order valence-electron chi connectivity index (χ4n) is 4.81. The molecular formula is C28H37N7O3S2. The Balaban J connectivity index is 0.00000216. The van der Waals surface area contributed by atoms with Crippen LogP contribution in [0.3, 0.4) is 0 Å². The number of hydrogen-bond acceptors (Lipinski definition) is 9. The highest BCUT2D eigenvalue weighted by atomic mass is 32.2. The summed E-state index contributed by atoms with van der Waals surface area (Å²) >= 11 is 2.19. The van der Waals surface area contributed by atoms with E-state index in [2.05, 4.69) is 45.1 Å². The quantitative estimate of drug-likeness (QED) is 0.117. The van der Waals surface area contributed by atoms with Crippen molar-refractivity contribution in [3.8, 4) is 0 Å². The van der Waals surface area contributed by atoms with E-state index >= 15 is 0 Å². The zero-order valence-corrected chi connectivity index (χ0v) is 24.9. The van der Waals surface area contributed by atoms with Gasteiger partial charge in [-0.2, -0.15) is 5.53 Å². The first kappa shape index (κ1) is 31.2. The van der Waals surface area contributed by atoms with Crippen LogP contribution in [0.2, 0.25) is 0 Å². The number of thioether (sulfide) groups is 1. The van der Waals surface area contributed by atoms with Crippen LogP contribution in [0.5, 0.6) is 0 Å². The number of aromatic nitrogens is 2. The lowest BCUT2D eigenvalue weighted by Crippen LogP contribution is -2.42. The van der Waals surface area contributed by atoms with Crippen molar-refractivity contribution in [3.05, 3.63) is 80.0 Å². The molecule has 1 amide bonds. The molecule has 0 spiro atoms. The molecule has 40 heavy (non-hydrogen) atoms. The van der Waals surface area contributed by atoms with E-state index in [0.717, 1.165) is 36.9 Å². The van der Waals surface area contributed by atoms with Crippen LogP contribution in [-0.4, -0.2) is 44.7 Å². The van der Waals surface area contributed by atoms with E-state index in [1.807, 2.05) is 19.9 Å². The molecule has 0 radical (unpaired) electrons. The summed E-state index contributed by atoms with van der Waals surface area (Å²) in [7, 11) is 0. The Hall–Kier alpha value is -3.38. The molecule has 0 saturated carbocycles. The largest absolute Gasteiger partial charge is 0.342 e. The molecular weight excluding hydrogens is 546 g/mol. The minimum Gasteiger partial charge on any atom is -0.342 e. The number of benzene rings is 1. The topological polar surface area (TPSA) is 136 Å².